The molecule has 22 heavy (non-hydrogen) atoms. The molecule has 1 aliphatic rings. The number of benzene rings is 1. The van der Waals surface area contributed by atoms with Gasteiger partial charge in [0.1, 0.15) is 11.9 Å². The van der Waals surface area contributed by atoms with E-state index in [4.69, 9.17) is 16.3 Å². The number of aliphatic hydroxyl groups is 1. The van der Waals surface area contributed by atoms with Crippen molar-refractivity contribution in [2.45, 2.75) is 51.7 Å². The van der Waals surface area contributed by atoms with Gasteiger partial charge in [-0.1, -0.05) is 31.9 Å². The Hall–Kier alpha value is -1.26. The Morgan fingerprint density at radius 1 is 1.45 bits per heavy atom. The summed E-state index contributed by atoms with van der Waals surface area (Å²) in [5.41, 5.74) is 0.0782. The summed E-state index contributed by atoms with van der Waals surface area (Å²) in [5, 5.41) is 20.3. The van der Waals surface area contributed by atoms with Gasteiger partial charge in [-0.05, 0) is 49.3 Å². The van der Waals surface area contributed by atoms with Crippen molar-refractivity contribution in [3.05, 3.63) is 28.8 Å². The van der Waals surface area contributed by atoms with Gasteiger partial charge in [-0.15, -0.1) is 0 Å². The number of hydrogen-bond acceptors (Lipinski definition) is 4. The number of rotatable bonds is 4. The van der Waals surface area contributed by atoms with Crippen LogP contribution in [0.3, 0.4) is 0 Å². The third-order valence-electron chi connectivity index (χ3n) is 4.49. The summed E-state index contributed by atoms with van der Waals surface area (Å²) >= 11 is 5.85. The predicted molar refractivity (Wildman–Crippen MR) is 84.8 cm³/mol. The molecule has 0 heterocycles. The molecular weight excluding hydrogens is 304 g/mol. The van der Waals surface area contributed by atoms with Gasteiger partial charge < -0.3 is 14.9 Å². The molecule has 0 radical (unpaired) electrons. The van der Waals surface area contributed by atoms with Crippen LogP contribution in [0.25, 0.3) is 0 Å². The van der Waals surface area contributed by atoms with Crippen LogP contribution in [-0.4, -0.2) is 22.3 Å². The van der Waals surface area contributed by atoms with Crippen LogP contribution >= 0.6 is 11.6 Å². The van der Waals surface area contributed by atoms with Crippen molar-refractivity contribution in [3.8, 4) is 5.75 Å². The van der Waals surface area contributed by atoms with Crippen LogP contribution in [0.5, 0.6) is 5.75 Å². The molecule has 1 aliphatic carbocycles. The molecule has 1 aromatic rings. The molecule has 122 valence electrons. The average molecular weight is 327 g/mol. The molecule has 4 atom stereocenters. The maximum atomic E-state index is 12.2. The topological polar surface area (TPSA) is 66.8 Å². The van der Waals surface area contributed by atoms with E-state index in [1.54, 1.807) is 0 Å². The van der Waals surface area contributed by atoms with Gasteiger partial charge in [-0.2, -0.15) is 0 Å². The van der Waals surface area contributed by atoms with E-state index >= 15 is 0 Å². The van der Waals surface area contributed by atoms with Gasteiger partial charge >= 0.3 is 5.97 Å². The Morgan fingerprint density at radius 2 is 2.18 bits per heavy atom. The minimum atomic E-state index is -1.52. The molecule has 0 aliphatic heterocycles. The van der Waals surface area contributed by atoms with Crippen LogP contribution in [0.2, 0.25) is 5.02 Å². The van der Waals surface area contributed by atoms with Crippen molar-refractivity contribution < 1.29 is 19.7 Å². The summed E-state index contributed by atoms with van der Waals surface area (Å²) in [6.45, 7) is 4.23. The van der Waals surface area contributed by atoms with Crippen LogP contribution in [0.4, 0.5) is 0 Å². The standard InChI is InChI=1S/C17H23ClO4/c1-3-11-5-4-10(2)8-15(11)22-17(21)16(20)13-9-12(18)6-7-14(13)19/h6-7,9-11,15-16,19-20H,3-5,8H2,1-2H3/t10-,11-,15-,16+/m0/s1. The minimum absolute atomic E-state index is 0.0782. The number of carbonyl (C=O) groups is 1. The summed E-state index contributed by atoms with van der Waals surface area (Å²) in [5.74, 6) is -0.0503. The summed E-state index contributed by atoms with van der Waals surface area (Å²) < 4.78 is 5.53. The van der Waals surface area contributed by atoms with Crippen molar-refractivity contribution in [1.29, 1.82) is 0 Å². The maximum Gasteiger partial charge on any atom is 0.340 e. The zero-order valence-electron chi connectivity index (χ0n) is 13.0. The first kappa shape index (κ1) is 17.1. The van der Waals surface area contributed by atoms with Gasteiger partial charge in [0.15, 0.2) is 6.10 Å². The zero-order chi connectivity index (χ0) is 16.3. The third-order valence-corrected chi connectivity index (χ3v) is 4.73. The SMILES string of the molecule is CC[C@H]1CC[C@H](C)C[C@@H]1OC(=O)[C@H](O)c1cc(Cl)ccc1O. The van der Waals surface area contributed by atoms with Crippen LogP contribution in [0, 0.1) is 11.8 Å². The lowest BCUT2D eigenvalue weighted by Gasteiger charge is -2.34. The zero-order valence-corrected chi connectivity index (χ0v) is 13.7. The lowest BCUT2D eigenvalue weighted by atomic mass is 9.79. The van der Waals surface area contributed by atoms with Gasteiger partial charge in [0.25, 0.3) is 0 Å². The Labute approximate surface area is 136 Å². The summed E-state index contributed by atoms with van der Waals surface area (Å²) in [4.78, 5) is 12.2. The molecule has 1 fully saturated rings. The number of esters is 1. The number of carbonyl (C=O) groups excluding carboxylic acids is 1. The number of aliphatic hydroxyl groups excluding tert-OH is 1. The molecule has 0 aromatic heterocycles. The first-order chi connectivity index (χ1) is 10.4. The highest BCUT2D eigenvalue weighted by atomic mass is 35.5. The minimum Gasteiger partial charge on any atom is -0.508 e. The fraction of sp³-hybridized carbons (Fsp3) is 0.588. The quantitative estimate of drug-likeness (QED) is 0.825. The highest BCUT2D eigenvalue weighted by Crippen LogP contribution is 2.34. The Kier molecular flexibility index (Phi) is 5.70. The summed E-state index contributed by atoms with van der Waals surface area (Å²) in [7, 11) is 0. The Bertz CT molecular complexity index is 531. The number of phenolic OH excluding ortho intramolecular Hbond substituents is 1. The Balaban J connectivity index is 2.08. The third kappa shape index (κ3) is 3.93. The average Bonchev–Trinajstić information content (AvgIpc) is 2.49. The highest BCUT2D eigenvalue weighted by molar-refractivity contribution is 6.30. The molecule has 4 nitrogen and oxygen atoms in total. The van der Waals surface area contributed by atoms with E-state index < -0.39 is 12.1 Å². The largest absolute Gasteiger partial charge is 0.508 e. The van der Waals surface area contributed by atoms with E-state index in [1.807, 2.05) is 0 Å². The number of ether oxygens (including phenoxy) is 1. The number of halogens is 1. The van der Waals surface area contributed by atoms with E-state index in [9.17, 15) is 15.0 Å². The van der Waals surface area contributed by atoms with Gasteiger partial charge in [0, 0.05) is 10.6 Å². The molecule has 5 heteroatoms. The normalized spacial score (nSPS) is 26.5. The summed E-state index contributed by atoms with van der Waals surface area (Å²) in [6.07, 6.45) is 2.26. The maximum absolute atomic E-state index is 12.2. The molecule has 0 amide bonds. The fourth-order valence-corrected chi connectivity index (χ4v) is 3.27. The molecular formula is C17H23ClO4. The molecule has 2 rings (SSSR count). The highest BCUT2D eigenvalue weighted by Gasteiger charge is 2.33. The number of aromatic hydroxyl groups is 1. The molecule has 0 saturated heterocycles. The molecule has 0 bridgehead atoms. The number of phenols is 1. The van der Waals surface area contributed by atoms with Gasteiger partial charge in [0.05, 0.1) is 0 Å². The molecule has 2 N–H and O–H groups in total. The molecule has 0 unspecified atom stereocenters. The van der Waals surface area contributed by atoms with Gasteiger partial charge in [-0.25, -0.2) is 4.79 Å². The van der Waals surface area contributed by atoms with Gasteiger partial charge in [0.2, 0.25) is 0 Å². The van der Waals surface area contributed by atoms with Crippen molar-refractivity contribution >= 4 is 17.6 Å². The van der Waals surface area contributed by atoms with Crippen LogP contribution in [-0.2, 0) is 9.53 Å². The van der Waals surface area contributed by atoms with Crippen LogP contribution in [0.1, 0.15) is 51.2 Å². The van der Waals surface area contributed by atoms with Crippen molar-refractivity contribution in [3.63, 3.8) is 0 Å². The lowest BCUT2D eigenvalue weighted by molar-refractivity contribution is -0.165. The Morgan fingerprint density at radius 3 is 2.86 bits per heavy atom. The van der Waals surface area contributed by atoms with E-state index in [2.05, 4.69) is 13.8 Å². The lowest BCUT2D eigenvalue weighted by Crippen LogP contribution is -2.34. The predicted octanol–water partition coefficient (Wildman–Crippen LogP) is 3.84. The molecule has 1 saturated carbocycles. The second-order valence-corrected chi connectivity index (χ2v) is 6.60. The molecule has 1 aromatic carbocycles. The monoisotopic (exact) mass is 326 g/mol. The fourth-order valence-electron chi connectivity index (χ4n) is 3.09. The van der Waals surface area contributed by atoms with Gasteiger partial charge in [-0.3, -0.25) is 0 Å². The molecule has 0 spiro atoms. The smallest absolute Gasteiger partial charge is 0.340 e. The van der Waals surface area contributed by atoms with E-state index in [0.29, 0.717) is 16.9 Å². The first-order valence-corrected chi connectivity index (χ1v) is 8.17. The van der Waals surface area contributed by atoms with E-state index in [-0.39, 0.29) is 17.4 Å². The first-order valence-electron chi connectivity index (χ1n) is 7.79. The van der Waals surface area contributed by atoms with Crippen LogP contribution < -0.4 is 0 Å². The number of hydrogen-bond donors (Lipinski definition) is 2. The second-order valence-electron chi connectivity index (χ2n) is 6.17. The van der Waals surface area contributed by atoms with Crippen LogP contribution in [0.15, 0.2) is 18.2 Å². The second kappa shape index (κ2) is 7.34. The van der Waals surface area contributed by atoms with Crippen molar-refractivity contribution in [2.75, 3.05) is 0 Å². The summed E-state index contributed by atoms with van der Waals surface area (Å²) in [6, 6.07) is 4.23. The van der Waals surface area contributed by atoms with Crippen molar-refractivity contribution in [2.24, 2.45) is 11.8 Å². The van der Waals surface area contributed by atoms with E-state index in [1.165, 1.54) is 18.2 Å². The van der Waals surface area contributed by atoms with Crippen molar-refractivity contribution in [1.82, 2.24) is 0 Å². The van der Waals surface area contributed by atoms with E-state index in [0.717, 1.165) is 25.7 Å².